The zero-order valence-electron chi connectivity index (χ0n) is 18.0. The molecule has 0 fully saturated rings. The highest BCUT2D eigenvalue weighted by Crippen LogP contribution is 2.19. The van der Waals surface area contributed by atoms with Crippen molar-refractivity contribution in [3.63, 3.8) is 0 Å². The summed E-state index contributed by atoms with van der Waals surface area (Å²) in [5, 5.41) is 0. The molecule has 0 aromatic heterocycles. The molecule has 3 rings (SSSR count). The van der Waals surface area contributed by atoms with E-state index in [4.69, 9.17) is 5.73 Å². The number of hydrogen-bond acceptors (Lipinski definition) is 5. The van der Waals surface area contributed by atoms with Gasteiger partial charge in [-0.2, -0.15) is 0 Å². The van der Waals surface area contributed by atoms with Crippen LogP contribution in [0.4, 0.5) is 15.8 Å². The second kappa shape index (κ2) is 10.7. The molecule has 0 aliphatic carbocycles. The third kappa shape index (κ3) is 6.75. The second-order valence-electron chi connectivity index (χ2n) is 7.40. The van der Waals surface area contributed by atoms with Gasteiger partial charge in [-0.1, -0.05) is 38.1 Å². The molecule has 168 valence electrons. The first-order chi connectivity index (χ1) is 15.0. The number of carbonyl (C=O) groups excluding carboxylic acids is 2. The van der Waals surface area contributed by atoms with Crippen LogP contribution in [-0.2, 0) is 10.0 Å². The molecule has 0 saturated heterocycles. The third-order valence-corrected chi connectivity index (χ3v) is 5.85. The first kappa shape index (κ1) is 24.7. The molecule has 0 aliphatic rings. The van der Waals surface area contributed by atoms with E-state index in [9.17, 15) is 22.4 Å². The van der Waals surface area contributed by atoms with Crippen molar-refractivity contribution < 1.29 is 22.4 Å². The highest BCUT2D eigenvalue weighted by atomic mass is 32.2. The fourth-order valence-electron chi connectivity index (χ4n) is 2.63. The van der Waals surface area contributed by atoms with E-state index >= 15 is 0 Å². The molecular weight excluding hydrogens is 431 g/mol. The van der Waals surface area contributed by atoms with Gasteiger partial charge in [0.1, 0.15) is 12.1 Å². The number of rotatable bonds is 6. The summed E-state index contributed by atoms with van der Waals surface area (Å²) in [5.74, 6) is -0.269. The van der Waals surface area contributed by atoms with E-state index in [1.807, 2.05) is 13.8 Å². The number of sulfonamides is 1. The van der Waals surface area contributed by atoms with Crippen molar-refractivity contribution in [2.75, 3.05) is 10.5 Å². The van der Waals surface area contributed by atoms with Crippen LogP contribution >= 0.6 is 0 Å². The lowest BCUT2D eigenvalue weighted by Gasteiger charge is -2.09. The molecule has 0 radical (unpaired) electrons. The number of nitrogen functional groups attached to an aromatic ring is 1. The number of aldehydes is 1. The lowest BCUT2D eigenvalue weighted by atomic mass is 10.0. The summed E-state index contributed by atoms with van der Waals surface area (Å²) >= 11 is 0. The average molecular weight is 457 g/mol. The van der Waals surface area contributed by atoms with E-state index in [2.05, 4.69) is 4.72 Å². The summed E-state index contributed by atoms with van der Waals surface area (Å²) in [5.41, 5.74) is 7.94. The van der Waals surface area contributed by atoms with E-state index < -0.39 is 10.0 Å². The van der Waals surface area contributed by atoms with Gasteiger partial charge >= 0.3 is 0 Å². The van der Waals surface area contributed by atoms with Gasteiger partial charge in [-0.25, -0.2) is 12.8 Å². The van der Waals surface area contributed by atoms with Gasteiger partial charge in [0.05, 0.1) is 4.90 Å². The molecule has 3 N–H and O–H groups in total. The van der Waals surface area contributed by atoms with Crippen molar-refractivity contribution in [3.8, 4) is 0 Å². The summed E-state index contributed by atoms with van der Waals surface area (Å²) in [7, 11) is -3.69. The number of benzene rings is 3. The summed E-state index contributed by atoms with van der Waals surface area (Å²) in [6, 6.07) is 16.5. The summed E-state index contributed by atoms with van der Waals surface area (Å²) < 4.78 is 39.6. The van der Waals surface area contributed by atoms with E-state index in [0.717, 1.165) is 6.29 Å². The van der Waals surface area contributed by atoms with Crippen LogP contribution in [0.3, 0.4) is 0 Å². The van der Waals surface area contributed by atoms with Gasteiger partial charge in [-0.3, -0.25) is 14.3 Å². The van der Waals surface area contributed by atoms with Gasteiger partial charge in [0, 0.05) is 28.4 Å². The monoisotopic (exact) mass is 456 g/mol. The van der Waals surface area contributed by atoms with Gasteiger partial charge in [-0.15, -0.1) is 0 Å². The minimum Gasteiger partial charge on any atom is -0.399 e. The highest BCUT2D eigenvalue weighted by molar-refractivity contribution is 7.92. The SMILES string of the molecule is CC(C)C(=O)c1ccc(C=O)cc1.Cc1cc(NS(=O)(=O)c2ccc(N)cc2)ccc1F. The topological polar surface area (TPSA) is 106 Å². The zero-order valence-corrected chi connectivity index (χ0v) is 18.8. The summed E-state index contributed by atoms with van der Waals surface area (Å²) in [6.07, 6.45) is 0.767. The quantitative estimate of drug-likeness (QED) is 0.313. The van der Waals surface area contributed by atoms with Gasteiger partial charge in [-0.05, 0) is 55.0 Å². The van der Waals surface area contributed by atoms with Crippen LogP contribution in [0.15, 0.2) is 71.6 Å². The van der Waals surface area contributed by atoms with Crippen LogP contribution in [0.25, 0.3) is 0 Å². The fourth-order valence-corrected chi connectivity index (χ4v) is 3.68. The number of anilines is 2. The Balaban J connectivity index is 0.000000244. The van der Waals surface area contributed by atoms with E-state index in [1.165, 1.54) is 42.5 Å². The maximum absolute atomic E-state index is 13.1. The number of nitrogens with one attached hydrogen (secondary N) is 1. The molecule has 6 nitrogen and oxygen atoms in total. The lowest BCUT2D eigenvalue weighted by Crippen LogP contribution is -2.13. The molecule has 0 atom stereocenters. The van der Waals surface area contributed by atoms with E-state index in [-0.39, 0.29) is 22.4 Å². The highest BCUT2D eigenvalue weighted by Gasteiger charge is 2.14. The number of Topliss-reactive ketones (excluding diaryl/α,β-unsaturated/α-hetero) is 1. The van der Waals surface area contributed by atoms with Crippen LogP contribution in [0.1, 0.15) is 40.1 Å². The molecule has 32 heavy (non-hydrogen) atoms. The minimum absolute atomic E-state index is 0.00193. The van der Waals surface area contributed by atoms with Crippen LogP contribution < -0.4 is 10.5 Å². The molecule has 8 heteroatoms. The first-order valence-electron chi connectivity index (χ1n) is 9.77. The number of ketones is 1. The van der Waals surface area contributed by atoms with E-state index in [1.54, 1.807) is 31.2 Å². The summed E-state index contributed by atoms with van der Waals surface area (Å²) in [6.45, 7) is 5.28. The molecule has 0 unspecified atom stereocenters. The lowest BCUT2D eigenvalue weighted by molar-refractivity contribution is 0.0939. The average Bonchev–Trinajstić information content (AvgIpc) is 2.76. The molecule has 3 aromatic carbocycles. The smallest absolute Gasteiger partial charge is 0.261 e. The summed E-state index contributed by atoms with van der Waals surface area (Å²) in [4.78, 5) is 21.9. The molecule has 0 saturated carbocycles. The Kier molecular flexibility index (Phi) is 8.26. The van der Waals surface area contributed by atoms with Gasteiger partial charge in [0.25, 0.3) is 10.0 Å². The molecule has 0 heterocycles. The number of halogens is 1. The molecule has 0 spiro atoms. The molecule has 3 aromatic rings. The Hall–Kier alpha value is -3.52. The van der Waals surface area contributed by atoms with Crippen LogP contribution in [0.2, 0.25) is 0 Å². The van der Waals surface area contributed by atoms with Gasteiger partial charge in [0.2, 0.25) is 0 Å². The zero-order chi connectivity index (χ0) is 23.9. The maximum Gasteiger partial charge on any atom is 0.261 e. The van der Waals surface area contributed by atoms with Crippen molar-refractivity contribution in [1.29, 1.82) is 0 Å². The molecule has 0 amide bonds. The Morgan fingerprint density at radius 3 is 2.09 bits per heavy atom. The predicted molar refractivity (Wildman–Crippen MR) is 124 cm³/mol. The van der Waals surface area contributed by atoms with Crippen LogP contribution in [0, 0.1) is 18.7 Å². The van der Waals surface area contributed by atoms with Crippen molar-refractivity contribution in [2.45, 2.75) is 25.7 Å². The van der Waals surface area contributed by atoms with Crippen LogP contribution in [-0.4, -0.2) is 20.5 Å². The Labute approximate surface area is 187 Å². The van der Waals surface area contributed by atoms with Crippen molar-refractivity contribution in [2.24, 2.45) is 5.92 Å². The first-order valence-corrected chi connectivity index (χ1v) is 11.3. The standard InChI is InChI=1S/C13H13FN2O2S.C11H12O2/c1-9-8-11(4-7-13(9)14)16-19(17,18)12-5-2-10(15)3-6-12;1-8(2)11(13)10-5-3-9(7-12)4-6-10/h2-8,16H,15H2,1H3;3-8H,1-2H3. The van der Waals surface area contributed by atoms with Crippen molar-refractivity contribution >= 4 is 33.5 Å². The van der Waals surface area contributed by atoms with Gasteiger partial charge in [0.15, 0.2) is 5.78 Å². The largest absolute Gasteiger partial charge is 0.399 e. The van der Waals surface area contributed by atoms with Crippen molar-refractivity contribution in [1.82, 2.24) is 0 Å². The third-order valence-electron chi connectivity index (χ3n) is 4.46. The predicted octanol–water partition coefficient (Wildman–Crippen LogP) is 4.85. The van der Waals surface area contributed by atoms with Crippen LogP contribution in [0.5, 0.6) is 0 Å². The van der Waals surface area contributed by atoms with Gasteiger partial charge < -0.3 is 5.73 Å². The minimum atomic E-state index is -3.69. The molecule has 0 aliphatic heterocycles. The number of carbonyl (C=O) groups is 2. The molecule has 0 bridgehead atoms. The van der Waals surface area contributed by atoms with Crippen molar-refractivity contribution in [3.05, 3.63) is 89.2 Å². The normalized spacial score (nSPS) is 10.8. The Bertz CT molecular complexity index is 1190. The Morgan fingerprint density at radius 1 is 1.00 bits per heavy atom. The van der Waals surface area contributed by atoms with E-state index in [0.29, 0.717) is 28.1 Å². The fraction of sp³-hybridized carbons (Fsp3) is 0.167. The molecular formula is C24H25FN2O4S. The number of nitrogens with two attached hydrogens (primary N) is 1. The Morgan fingerprint density at radius 2 is 1.59 bits per heavy atom. The number of aryl methyl sites for hydroxylation is 1. The second-order valence-corrected chi connectivity index (χ2v) is 9.08. The maximum atomic E-state index is 13.1. The number of hydrogen-bond donors (Lipinski definition) is 2.